The van der Waals surface area contributed by atoms with Gasteiger partial charge >= 0.3 is 0 Å². The molecule has 5 heteroatoms. The third-order valence-corrected chi connectivity index (χ3v) is 3.83. The number of benzene rings is 2. The van der Waals surface area contributed by atoms with Crippen LogP contribution in [0.4, 0.5) is 5.69 Å². The monoisotopic (exact) mass is 334 g/mol. The Labute approximate surface area is 126 Å². The number of nitrogens with zero attached hydrogens (tertiary/aromatic N) is 1. The lowest BCUT2D eigenvalue weighted by molar-refractivity contribution is -0.384. The summed E-state index contributed by atoms with van der Waals surface area (Å²) in [6.07, 6.45) is 0. The first-order chi connectivity index (χ1) is 9.58. The first kappa shape index (κ1) is 14.7. The largest absolute Gasteiger partial charge is 0.306 e. The van der Waals surface area contributed by atoms with Crippen molar-refractivity contribution < 1.29 is 4.92 Å². The molecule has 0 amide bonds. The summed E-state index contributed by atoms with van der Waals surface area (Å²) in [5.41, 5.74) is 2.19. The van der Waals surface area contributed by atoms with E-state index in [1.54, 1.807) is 12.1 Å². The summed E-state index contributed by atoms with van der Waals surface area (Å²) in [5.74, 6) is 0. The topological polar surface area (TPSA) is 55.2 Å². The van der Waals surface area contributed by atoms with Crippen LogP contribution >= 0.6 is 15.9 Å². The molecule has 0 aliphatic carbocycles. The Hall–Kier alpha value is -1.72. The van der Waals surface area contributed by atoms with Gasteiger partial charge in [0.05, 0.1) is 4.92 Å². The molecule has 0 heterocycles. The molecular formula is C15H15BrN2O2. The smallest absolute Gasteiger partial charge is 0.269 e. The molecule has 2 aromatic carbocycles. The SMILES string of the molecule is C[C@H](NCc1cccc([N+](=O)[O-])c1)c1ccccc1Br. The highest BCUT2D eigenvalue weighted by atomic mass is 79.9. The van der Waals surface area contributed by atoms with Crippen LogP contribution in [-0.4, -0.2) is 4.92 Å². The lowest BCUT2D eigenvalue weighted by atomic mass is 10.1. The van der Waals surface area contributed by atoms with E-state index < -0.39 is 0 Å². The van der Waals surface area contributed by atoms with E-state index in [1.807, 2.05) is 24.3 Å². The van der Waals surface area contributed by atoms with Gasteiger partial charge in [0.1, 0.15) is 0 Å². The zero-order valence-electron chi connectivity index (χ0n) is 11.0. The molecule has 2 aromatic rings. The zero-order chi connectivity index (χ0) is 14.5. The van der Waals surface area contributed by atoms with Gasteiger partial charge in [0, 0.05) is 29.2 Å². The van der Waals surface area contributed by atoms with Crippen molar-refractivity contribution in [3.05, 3.63) is 74.2 Å². The van der Waals surface area contributed by atoms with E-state index >= 15 is 0 Å². The molecule has 0 saturated carbocycles. The van der Waals surface area contributed by atoms with Gasteiger partial charge in [0.2, 0.25) is 0 Å². The van der Waals surface area contributed by atoms with E-state index in [-0.39, 0.29) is 16.7 Å². The van der Waals surface area contributed by atoms with Crippen molar-refractivity contribution in [2.24, 2.45) is 0 Å². The predicted molar refractivity (Wildman–Crippen MR) is 82.5 cm³/mol. The Balaban J connectivity index is 2.04. The number of nitro benzene ring substituents is 1. The van der Waals surface area contributed by atoms with Gasteiger partial charge in [-0.05, 0) is 24.1 Å². The molecular weight excluding hydrogens is 320 g/mol. The van der Waals surface area contributed by atoms with Crippen LogP contribution in [-0.2, 0) is 6.54 Å². The second-order valence-electron chi connectivity index (χ2n) is 4.55. The van der Waals surface area contributed by atoms with Crippen LogP contribution in [0.2, 0.25) is 0 Å². The minimum atomic E-state index is -0.374. The summed E-state index contributed by atoms with van der Waals surface area (Å²) in [6, 6.07) is 14.9. The summed E-state index contributed by atoms with van der Waals surface area (Å²) >= 11 is 3.52. The van der Waals surface area contributed by atoms with Crippen molar-refractivity contribution in [3.8, 4) is 0 Å². The molecule has 104 valence electrons. The number of non-ortho nitro benzene ring substituents is 1. The normalized spacial score (nSPS) is 12.1. The Kier molecular flexibility index (Phi) is 4.87. The first-order valence-corrected chi connectivity index (χ1v) is 7.08. The summed E-state index contributed by atoms with van der Waals surface area (Å²) in [7, 11) is 0. The van der Waals surface area contributed by atoms with E-state index in [1.165, 1.54) is 6.07 Å². The van der Waals surface area contributed by atoms with Crippen molar-refractivity contribution in [2.75, 3.05) is 0 Å². The van der Waals surface area contributed by atoms with E-state index in [2.05, 4.69) is 34.2 Å². The average Bonchev–Trinajstić information content (AvgIpc) is 2.45. The molecule has 4 nitrogen and oxygen atoms in total. The van der Waals surface area contributed by atoms with Crippen LogP contribution in [0.15, 0.2) is 53.0 Å². The van der Waals surface area contributed by atoms with Crippen molar-refractivity contribution in [1.82, 2.24) is 5.32 Å². The van der Waals surface area contributed by atoms with Crippen LogP contribution in [0, 0.1) is 10.1 Å². The Morgan fingerprint density at radius 1 is 1.25 bits per heavy atom. The van der Waals surface area contributed by atoms with Crippen molar-refractivity contribution >= 4 is 21.6 Å². The standard InChI is InChI=1S/C15H15BrN2O2/c1-11(14-7-2-3-8-15(14)16)17-10-12-5-4-6-13(9-12)18(19)20/h2-9,11,17H,10H2,1H3/t11-/m0/s1. The van der Waals surface area contributed by atoms with E-state index in [0.717, 1.165) is 15.6 Å². The molecule has 0 aromatic heterocycles. The molecule has 2 rings (SSSR count). The molecule has 0 aliphatic heterocycles. The van der Waals surface area contributed by atoms with Crippen LogP contribution in [0.3, 0.4) is 0 Å². The second kappa shape index (κ2) is 6.63. The number of nitrogens with one attached hydrogen (secondary N) is 1. The van der Waals surface area contributed by atoms with Gasteiger partial charge in [-0.15, -0.1) is 0 Å². The van der Waals surface area contributed by atoms with Crippen molar-refractivity contribution in [2.45, 2.75) is 19.5 Å². The quantitative estimate of drug-likeness (QED) is 0.658. The van der Waals surface area contributed by atoms with Crippen LogP contribution in [0.5, 0.6) is 0 Å². The Morgan fingerprint density at radius 2 is 2.00 bits per heavy atom. The number of hydrogen-bond acceptors (Lipinski definition) is 3. The Bertz CT molecular complexity index is 616. The third-order valence-electron chi connectivity index (χ3n) is 3.11. The Morgan fingerprint density at radius 3 is 2.70 bits per heavy atom. The molecule has 0 saturated heterocycles. The van der Waals surface area contributed by atoms with Gasteiger partial charge in [-0.1, -0.05) is 46.3 Å². The first-order valence-electron chi connectivity index (χ1n) is 6.29. The highest BCUT2D eigenvalue weighted by molar-refractivity contribution is 9.10. The number of nitro groups is 1. The van der Waals surface area contributed by atoms with Gasteiger partial charge in [0.25, 0.3) is 5.69 Å². The minimum Gasteiger partial charge on any atom is -0.306 e. The lowest BCUT2D eigenvalue weighted by Crippen LogP contribution is -2.18. The van der Waals surface area contributed by atoms with Crippen molar-refractivity contribution in [3.63, 3.8) is 0 Å². The molecule has 0 bridgehead atoms. The minimum absolute atomic E-state index is 0.123. The highest BCUT2D eigenvalue weighted by Crippen LogP contribution is 2.23. The maximum absolute atomic E-state index is 10.7. The van der Waals surface area contributed by atoms with E-state index in [9.17, 15) is 10.1 Å². The predicted octanol–water partition coefficient (Wildman–Crippen LogP) is 4.21. The molecule has 20 heavy (non-hydrogen) atoms. The molecule has 0 aliphatic rings. The van der Waals surface area contributed by atoms with E-state index in [0.29, 0.717) is 6.54 Å². The van der Waals surface area contributed by atoms with E-state index in [4.69, 9.17) is 0 Å². The third kappa shape index (κ3) is 3.65. The summed E-state index contributed by atoms with van der Waals surface area (Å²) in [6.45, 7) is 2.65. The number of halogens is 1. The fourth-order valence-electron chi connectivity index (χ4n) is 1.99. The molecule has 1 atom stereocenters. The summed E-state index contributed by atoms with van der Waals surface area (Å²) < 4.78 is 1.05. The molecule has 0 radical (unpaired) electrons. The number of rotatable bonds is 5. The molecule has 0 spiro atoms. The van der Waals surface area contributed by atoms with Crippen LogP contribution < -0.4 is 5.32 Å². The molecule has 1 N–H and O–H groups in total. The van der Waals surface area contributed by atoms with Gasteiger partial charge in [-0.2, -0.15) is 0 Å². The zero-order valence-corrected chi connectivity index (χ0v) is 12.6. The maximum Gasteiger partial charge on any atom is 0.269 e. The van der Waals surface area contributed by atoms with Crippen LogP contribution in [0.25, 0.3) is 0 Å². The lowest BCUT2D eigenvalue weighted by Gasteiger charge is -2.15. The molecule has 0 unspecified atom stereocenters. The fourth-order valence-corrected chi connectivity index (χ4v) is 2.62. The number of hydrogen-bond donors (Lipinski definition) is 1. The van der Waals surface area contributed by atoms with Crippen LogP contribution in [0.1, 0.15) is 24.1 Å². The summed E-state index contributed by atoms with van der Waals surface area (Å²) in [5, 5.41) is 14.1. The van der Waals surface area contributed by atoms with Gasteiger partial charge in [0.15, 0.2) is 0 Å². The maximum atomic E-state index is 10.7. The van der Waals surface area contributed by atoms with Gasteiger partial charge < -0.3 is 5.32 Å². The second-order valence-corrected chi connectivity index (χ2v) is 5.41. The highest BCUT2D eigenvalue weighted by Gasteiger charge is 2.09. The van der Waals surface area contributed by atoms with Crippen molar-refractivity contribution in [1.29, 1.82) is 0 Å². The summed E-state index contributed by atoms with van der Waals surface area (Å²) in [4.78, 5) is 10.4. The molecule has 0 fully saturated rings. The van der Waals surface area contributed by atoms with Gasteiger partial charge in [-0.25, -0.2) is 0 Å². The van der Waals surface area contributed by atoms with Gasteiger partial charge in [-0.3, -0.25) is 10.1 Å². The average molecular weight is 335 g/mol. The fraction of sp³-hybridized carbons (Fsp3) is 0.200.